The van der Waals surface area contributed by atoms with Crippen molar-refractivity contribution in [3.05, 3.63) is 70.8 Å². The standard InChI is InChI=1S/C21H28N2O3S/c1-17-6-8-19(9-7-17)16-27(24,25)22-15-21(23-10-12-26-13-11-23)20-5-3-4-18(2)14-20/h3-9,14,21-22H,10-13,15-16H2,1-2H3. The van der Waals surface area contributed by atoms with Crippen LogP contribution in [0.1, 0.15) is 28.3 Å². The lowest BCUT2D eigenvalue weighted by molar-refractivity contribution is 0.0172. The Hall–Kier alpha value is -1.73. The van der Waals surface area contributed by atoms with Crippen LogP contribution in [-0.2, 0) is 20.5 Å². The number of rotatable bonds is 7. The van der Waals surface area contributed by atoms with Crippen LogP contribution < -0.4 is 4.72 Å². The van der Waals surface area contributed by atoms with Gasteiger partial charge in [-0.05, 0) is 25.0 Å². The number of hydrogen-bond acceptors (Lipinski definition) is 4. The number of aryl methyl sites for hydroxylation is 2. The minimum absolute atomic E-state index is 0.00147. The average molecular weight is 389 g/mol. The maximum absolute atomic E-state index is 12.6. The highest BCUT2D eigenvalue weighted by Gasteiger charge is 2.24. The van der Waals surface area contributed by atoms with E-state index in [-0.39, 0.29) is 11.8 Å². The van der Waals surface area contributed by atoms with Gasteiger partial charge in [0.05, 0.1) is 19.0 Å². The van der Waals surface area contributed by atoms with Crippen LogP contribution in [0.4, 0.5) is 0 Å². The zero-order valence-corrected chi connectivity index (χ0v) is 16.8. The van der Waals surface area contributed by atoms with Gasteiger partial charge in [-0.3, -0.25) is 4.90 Å². The molecule has 0 amide bonds. The van der Waals surface area contributed by atoms with Crippen molar-refractivity contribution in [3.63, 3.8) is 0 Å². The van der Waals surface area contributed by atoms with Crippen LogP contribution in [0, 0.1) is 13.8 Å². The quantitative estimate of drug-likeness (QED) is 0.792. The molecule has 2 aromatic rings. The monoisotopic (exact) mass is 388 g/mol. The molecule has 27 heavy (non-hydrogen) atoms. The van der Waals surface area contributed by atoms with E-state index in [0.717, 1.165) is 29.8 Å². The molecule has 1 fully saturated rings. The lowest BCUT2D eigenvalue weighted by atomic mass is 10.0. The number of hydrogen-bond donors (Lipinski definition) is 1. The topological polar surface area (TPSA) is 58.6 Å². The highest BCUT2D eigenvalue weighted by Crippen LogP contribution is 2.22. The summed E-state index contributed by atoms with van der Waals surface area (Å²) in [6.07, 6.45) is 0. The minimum Gasteiger partial charge on any atom is -0.379 e. The third kappa shape index (κ3) is 5.87. The second kappa shape index (κ2) is 8.97. The molecule has 1 heterocycles. The highest BCUT2D eigenvalue weighted by atomic mass is 32.2. The van der Waals surface area contributed by atoms with Crippen LogP contribution in [0.3, 0.4) is 0 Å². The summed E-state index contributed by atoms with van der Waals surface area (Å²) in [4.78, 5) is 2.30. The normalized spacial score (nSPS) is 17.0. The number of nitrogens with one attached hydrogen (secondary N) is 1. The summed E-state index contributed by atoms with van der Waals surface area (Å²) in [5.41, 5.74) is 4.23. The summed E-state index contributed by atoms with van der Waals surface area (Å²) in [5.74, 6) is -0.00305. The molecular weight excluding hydrogens is 360 g/mol. The largest absolute Gasteiger partial charge is 0.379 e. The Bertz CT molecular complexity index is 844. The molecule has 1 saturated heterocycles. The summed E-state index contributed by atoms with van der Waals surface area (Å²) in [6.45, 7) is 7.37. The molecule has 1 aliphatic rings. The predicted octanol–water partition coefficient (Wildman–Crippen LogP) is 2.80. The SMILES string of the molecule is Cc1ccc(CS(=O)(=O)NCC(c2cccc(C)c2)N2CCOCC2)cc1. The van der Waals surface area contributed by atoms with E-state index in [0.29, 0.717) is 19.8 Å². The fraction of sp³-hybridized carbons (Fsp3) is 0.429. The van der Waals surface area contributed by atoms with E-state index < -0.39 is 10.0 Å². The first-order valence-electron chi connectivity index (χ1n) is 9.34. The van der Waals surface area contributed by atoms with Crippen molar-refractivity contribution in [2.75, 3.05) is 32.8 Å². The van der Waals surface area contributed by atoms with Crippen molar-refractivity contribution in [3.8, 4) is 0 Å². The molecule has 3 rings (SSSR count). The molecule has 6 heteroatoms. The van der Waals surface area contributed by atoms with E-state index >= 15 is 0 Å². The molecule has 1 N–H and O–H groups in total. The number of benzene rings is 2. The van der Waals surface area contributed by atoms with Crippen LogP contribution in [0.2, 0.25) is 0 Å². The minimum atomic E-state index is -3.41. The van der Waals surface area contributed by atoms with Gasteiger partial charge in [-0.25, -0.2) is 13.1 Å². The maximum atomic E-state index is 12.6. The van der Waals surface area contributed by atoms with Gasteiger partial charge in [-0.2, -0.15) is 0 Å². The lowest BCUT2D eigenvalue weighted by Crippen LogP contribution is -2.44. The Morgan fingerprint density at radius 3 is 2.41 bits per heavy atom. The molecule has 5 nitrogen and oxygen atoms in total. The van der Waals surface area contributed by atoms with E-state index in [1.54, 1.807) is 0 Å². The molecule has 2 aromatic carbocycles. The fourth-order valence-electron chi connectivity index (χ4n) is 3.38. The van der Waals surface area contributed by atoms with Crippen LogP contribution in [-0.4, -0.2) is 46.2 Å². The third-order valence-corrected chi connectivity index (χ3v) is 6.21. The smallest absolute Gasteiger partial charge is 0.215 e. The van der Waals surface area contributed by atoms with Gasteiger partial charge in [0.15, 0.2) is 0 Å². The average Bonchev–Trinajstić information content (AvgIpc) is 2.64. The Morgan fingerprint density at radius 1 is 1.04 bits per heavy atom. The van der Waals surface area contributed by atoms with Crippen molar-refractivity contribution in [2.24, 2.45) is 0 Å². The summed E-state index contributed by atoms with van der Waals surface area (Å²) < 4.78 is 33.5. The molecule has 146 valence electrons. The van der Waals surface area contributed by atoms with Crippen LogP contribution in [0.15, 0.2) is 48.5 Å². The summed E-state index contributed by atoms with van der Waals surface area (Å²) in [5, 5.41) is 0. The van der Waals surface area contributed by atoms with E-state index in [4.69, 9.17) is 4.74 Å². The van der Waals surface area contributed by atoms with Crippen molar-refractivity contribution >= 4 is 10.0 Å². The van der Waals surface area contributed by atoms with Gasteiger partial charge in [0.25, 0.3) is 0 Å². The van der Waals surface area contributed by atoms with Gasteiger partial charge in [0, 0.05) is 25.7 Å². The molecule has 1 atom stereocenters. The Kier molecular flexibility index (Phi) is 6.65. The Labute approximate surface area is 162 Å². The van der Waals surface area contributed by atoms with Crippen molar-refractivity contribution < 1.29 is 13.2 Å². The number of sulfonamides is 1. The van der Waals surface area contributed by atoms with Crippen molar-refractivity contribution in [2.45, 2.75) is 25.6 Å². The predicted molar refractivity (Wildman–Crippen MR) is 108 cm³/mol. The van der Waals surface area contributed by atoms with Gasteiger partial charge >= 0.3 is 0 Å². The zero-order valence-electron chi connectivity index (χ0n) is 16.0. The van der Waals surface area contributed by atoms with Crippen molar-refractivity contribution in [1.82, 2.24) is 9.62 Å². The molecule has 0 saturated carbocycles. The van der Waals surface area contributed by atoms with E-state index in [9.17, 15) is 8.42 Å². The zero-order chi connectivity index (χ0) is 19.3. The number of nitrogens with zero attached hydrogens (tertiary/aromatic N) is 1. The molecule has 0 radical (unpaired) electrons. The summed E-state index contributed by atoms with van der Waals surface area (Å²) in [7, 11) is -3.41. The highest BCUT2D eigenvalue weighted by molar-refractivity contribution is 7.88. The molecule has 0 spiro atoms. The van der Waals surface area contributed by atoms with Gasteiger partial charge in [-0.15, -0.1) is 0 Å². The van der Waals surface area contributed by atoms with Gasteiger partial charge in [0.2, 0.25) is 10.0 Å². The lowest BCUT2D eigenvalue weighted by Gasteiger charge is -2.35. The summed E-state index contributed by atoms with van der Waals surface area (Å²) >= 11 is 0. The van der Waals surface area contributed by atoms with E-state index in [1.807, 2.05) is 37.3 Å². The first kappa shape index (κ1) is 20.0. The maximum Gasteiger partial charge on any atom is 0.215 e. The van der Waals surface area contributed by atoms with Crippen molar-refractivity contribution in [1.29, 1.82) is 0 Å². The van der Waals surface area contributed by atoms with Crippen LogP contribution >= 0.6 is 0 Å². The Balaban J connectivity index is 1.72. The number of ether oxygens (including phenoxy) is 1. The molecule has 1 unspecified atom stereocenters. The number of morpholine rings is 1. The van der Waals surface area contributed by atoms with Gasteiger partial charge in [-0.1, -0.05) is 59.7 Å². The van der Waals surface area contributed by atoms with E-state index in [2.05, 4.69) is 34.7 Å². The van der Waals surface area contributed by atoms with Crippen LogP contribution in [0.5, 0.6) is 0 Å². The fourth-order valence-corrected chi connectivity index (χ4v) is 4.53. The van der Waals surface area contributed by atoms with Gasteiger partial charge in [0.1, 0.15) is 0 Å². The third-order valence-electron chi connectivity index (χ3n) is 4.89. The van der Waals surface area contributed by atoms with Crippen LogP contribution in [0.25, 0.3) is 0 Å². The second-order valence-corrected chi connectivity index (χ2v) is 8.98. The summed E-state index contributed by atoms with van der Waals surface area (Å²) in [6, 6.07) is 15.9. The van der Waals surface area contributed by atoms with E-state index in [1.165, 1.54) is 5.56 Å². The van der Waals surface area contributed by atoms with Gasteiger partial charge < -0.3 is 4.74 Å². The molecular formula is C21H28N2O3S. The molecule has 0 aliphatic carbocycles. The second-order valence-electron chi connectivity index (χ2n) is 7.17. The molecule has 1 aliphatic heterocycles. The first-order chi connectivity index (χ1) is 12.9. The molecule has 0 aromatic heterocycles. The first-order valence-corrected chi connectivity index (χ1v) is 11.0. The Morgan fingerprint density at radius 2 is 1.74 bits per heavy atom. The molecule has 0 bridgehead atoms.